The van der Waals surface area contributed by atoms with Crippen molar-refractivity contribution in [1.82, 2.24) is 0 Å². The molecule has 0 aliphatic heterocycles. The van der Waals surface area contributed by atoms with Gasteiger partial charge in [-0.2, -0.15) is 0 Å². The largest absolute Gasteiger partial charge is 0.414 e. The minimum atomic E-state index is -1.74. The first-order valence-corrected chi connectivity index (χ1v) is 16.2. The molecule has 0 aromatic heterocycles. The van der Waals surface area contributed by atoms with E-state index < -0.39 is 8.32 Å². The normalized spacial score (nSPS) is 43.2. The molecule has 0 radical (unpaired) electrons. The molecule has 4 aliphatic rings. The SMILES string of the molecule is CCC[C@H]1C=C2C[C@@H](O[Si](C)(C)C(C)(C)C)CC[C@]2(C)[C@H]2CC[C@]3(C)C(=O)CC[C@H]3[C@H]12. The Morgan fingerprint density at radius 1 is 1.06 bits per heavy atom. The van der Waals surface area contributed by atoms with Crippen LogP contribution in [0.3, 0.4) is 0 Å². The molecule has 4 aliphatic carbocycles. The number of allylic oxidation sites excluding steroid dienone is 1. The van der Waals surface area contributed by atoms with Gasteiger partial charge in [0, 0.05) is 17.9 Å². The lowest BCUT2D eigenvalue weighted by Gasteiger charge is -2.59. The van der Waals surface area contributed by atoms with E-state index in [4.69, 9.17) is 4.43 Å². The van der Waals surface area contributed by atoms with Crippen LogP contribution < -0.4 is 0 Å². The van der Waals surface area contributed by atoms with Crippen molar-refractivity contribution in [2.24, 2.45) is 34.5 Å². The maximum absolute atomic E-state index is 12.9. The second-order valence-corrected chi connectivity index (χ2v) is 18.3. The van der Waals surface area contributed by atoms with E-state index >= 15 is 0 Å². The van der Waals surface area contributed by atoms with Crippen molar-refractivity contribution in [3.63, 3.8) is 0 Å². The smallest absolute Gasteiger partial charge is 0.192 e. The third-order valence-corrected chi connectivity index (χ3v) is 15.4. The zero-order valence-corrected chi connectivity index (χ0v) is 22.6. The van der Waals surface area contributed by atoms with Crippen molar-refractivity contribution in [2.45, 2.75) is 124 Å². The summed E-state index contributed by atoms with van der Waals surface area (Å²) in [4.78, 5) is 12.9. The van der Waals surface area contributed by atoms with Crippen molar-refractivity contribution in [3.05, 3.63) is 11.6 Å². The van der Waals surface area contributed by atoms with Crippen LogP contribution in [0.1, 0.15) is 99.3 Å². The molecule has 0 saturated heterocycles. The van der Waals surface area contributed by atoms with E-state index in [-0.39, 0.29) is 10.5 Å². The van der Waals surface area contributed by atoms with Gasteiger partial charge in [-0.05, 0) is 92.2 Å². The molecule has 3 heteroatoms. The third kappa shape index (κ3) is 3.74. The van der Waals surface area contributed by atoms with Crippen molar-refractivity contribution in [1.29, 1.82) is 0 Å². The number of hydrogen-bond donors (Lipinski definition) is 0. The standard InChI is InChI=1S/C28H48O2Si/c1-9-10-19-17-20-18-21(30-31(7,8)26(2,3)4)13-15-27(20,5)23-14-16-28(6)22(25(19)23)11-12-24(28)29/h17,19,21-23,25H,9-16,18H2,1-8H3/t19-,21-,22-,23-,25-,27-,28-/m0/s1. The molecule has 0 bridgehead atoms. The summed E-state index contributed by atoms with van der Waals surface area (Å²) < 4.78 is 6.92. The quantitative estimate of drug-likeness (QED) is 0.325. The highest BCUT2D eigenvalue weighted by Crippen LogP contribution is 2.66. The van der Waals surface area contributed by atoms with E-state index in [1.807, 2.05) is 0 Å². The van der Waals surface area contributed by atoms with Gasteiger partial charge in [0.2, 0.25) is 0 Å². The van der Waals surface area contributed by atoms with Gasteiger partial charge in [-0.15, -0.1) is 0 Å². The molecule has 0 aromatic carbocycles. The molecule has 3 fully saturated rings. The summed E-state index contributed by atoms with van der Waals surface area (Å²) in [6.07, 6.45) is 13.7. The molecule has 0 amide bonds. The molecule has 0 heterocycles. The maximum Gasteiger partial charge on any atom is 0.192 e. The van der Waals surface area contributed by atoms with E-state index in [2.05, 4.69) is 60.7 Å². The monoisotopic (exact) mass is 444 g/mol. The predicted molar refractivity (Wildman–Crippen MR) is 133 cm³/mol. The van der Waals surface area contributed by atoms with Crippen LogP contribution >= 0.6 is 0 Å². The van der Waals surface area contributed by atoms with Gasteiger partial charge in [-0.1, -0.05) is 59.6 Å². The van der Waals surface area contributed by atoms with Crippen LogP contribution in [0.4, 0.5) is 0 Å². The average Bonchev–Trinajstić information content (AvgIpc) is 2.97. The number of rotatable bonds is 4. The summed E-state index contributed by atoms with van der Waals surface area (Å²) in [6.45, 7) is 19.1. The highest BCUT2D eigenvalue weighted by Gasteiger charge is 2.60. The Labute approximate surface area is 193 Å². The van der Waals surface area contributed by atoms with Crippen LogP contribution in [0.2, 0.25) is 18.1 Å². The second kappa shape index (κ2) is 7.83. The molecular weight excluding hydrogens is 396 g/mol. The first-order valence-electron chi connectivity index (χ1n) is 13.3. The number of hydrogen-bond acceptors (Lipinski definition) is 2. The summed E-state index contributed by atoms with van der Waals surface area (Å²) in [7, 11) is -1.74. The topological polar surface area (TPSA) is 26.3 Å². The fourth-order valence-corrected chi connectivity index (χ4v) is 9.25. The van der Waals surface area contributed by atoms with Crippen LogP contribution in [0, 0.1) is 34.5 Å². The van der Waals surface area contributed by atoms with Gasteiger partial charge in [-0.25, -0.2) is 0 Å². The molecule has 0 unspecified atom stereocenters. The lowest BCUT2D eigenvalue weighted by atomic mass is 9.45. The van der Waals surface area contributed by atoms with E-state index in [1.54, 1.807) is 5.57 Å². The summed E-state index contributed by atoms with van der Waals surface area (Å²) in [5.41, 5.74) is 2.02. The van der Waals surface area contributed by atoms with E-state index in [9.17, 15) is 4.79 Å². The fourth-order valence-electron chi connectivity index (χ4n) is 7.86. The number of fused-ring (bicyclic) bond motifs is 5. The molecule has 3 saturated carbocycles. The molecule has 0 spiro atoms. The van der Waals surface area contributed by atoms with Crippen LogP contribution in [0.15, 0.2) is 11.6 Å². The Morgan fingerprint density at radius 3 is 2.35 bits per heavy atom. The highest BCUT2D eigenvalue weighted by atomic mass is 28.4. The minimum absolute atomic E-state index is 0.0303. The van der Waals surface area contributed by atoms with Crippen LogP contribution in [0.25, 0.3) is 0 Å². The van der Waals surface area contributed by atoms with E-state index in [0.717, 1.165) is 37.5 Å². The fraction of sp³-hybridized carbons (Fsp3) is 0.893. The average molecular weight is 445 g/mol. The Hall–Kier alpha value is -0.413. The zero-order valence-electron chi connectivity index (χ0n) is 21.6. The van der Waals surface area contributed by atoms with Crippen molar-refractivity contribution in [3.8, 4) is 0 Å². The summed E-state index contributed by atoms with van der Waals surface area (Å²) in [5.74, 6) is 3.34. The van der Waals surface area contributed by atoms with Crippen LogP contribution in [0.5, 0.6) is 0 Å². The maximum atomic E-state index is 12.9. The third-order valence-electron chi connectivity index (χ3n) is 10.8. The van der Waals surface area contributed by atoms with Gasteiger partial charge in [0.15, 0.2) is 8.32 Å². The molecule has 0 N–H and O–H groups in total. The Kier molecular flexibility index (Phi) is 5.99. The van der Waals surface area contributed by atoms with Gasteiger partial charge >= 0.3 is 0 Å². The number of carbonyl (C=O) groups excluding carboxylic acids is 1. The second-order valence-electron chi connectivity index (χ2n) is 13.5. The first kappa shape index (κ1) is 23.7. The summed E-state index contributed by atoms with van der Waals surface area (Å²) in [6, 6.07) is 0. The molecular formula is C28H48O2Si. The van der Waals surface area contributed by atoms with Crippen LogP contribution in [-0.2, 0) is 9.22 Å². The van der Waals surface area contributed by atoms with Crippen molar-refractivity contribution < 1.29 is 9.22 Å². The first-order chi connectivity index (χ1) is 14.3. The van der Waals surface area contributed by atoms with Crippen LogP contribution in [-0.4, -0.2) is 20.2 Å². The Bertz CT molecular complexity index is 747. The summed E-state index contributed by atoms with van der Waals surface area (Å²) >= 11 is 0. The Balaban J connectivity index is 1.63. The summed E-state index contributed by atoms with van der Waals surface area (Å²) in [5, 5.41) is 0.271. The van der Waals surface area contributed by atoms with Gasteiger partial charge in [-0.3, -0.25) is 4.79 Å². The number of Topliss-reactive ketones (excluding diaryl/α,β-unsaturated/α-hetero) is 1. The lowest BCUT2D eigenvalue weighted by molar-refractivity contribution is -0.133. The van der Waals surface area contributed by atoms with Crippen molar-refractivity contribution >= 4 is 14.1 Å². The lowest BCUT2D eigenvalue weighted by Crippen LogP contribution is -2.54. The van der Waals surface area contributed by atoms with Gasteiger partial charge in [0.1, 0.15) is 5.78 Å². The van der Waals surface area contributed by atoms with E-state index in [0.29, 0.717) is 29.1 Å². The molecule has 2 nitrogen and oxygen atoms in total. The van der Waals surface area contributed by atoms with Gasteiger partial charge < -0.3 is 4.43 Å². The Morgan fingerprint density at radius 2 is 1.71 bits per heavy atom. The molecule has 31 heavy (non-hydrogen) atoms. The van der Waals surface area contributed by atoms with Gasteiger partial charge in [0.25, 0.3) is 0 Å². The van der Waals surface area contributed by atoms with Gasteiger partial charge in [0.05, 0.1) is 0 Å². The number of ketones is 1. The van der Waals surface area contributed by atoms with Crippen molar-refractivity contribution in [2.75, 3.05) is 0 Å². The molecule has 7 atom stereocenters. The number of carbonyl (C=O) groups is 1. The van der Waals surface area contributed by atoms with E-state index in [1.165, 1.54) is 32.1 Å². The highest BCUT2D eigenvalue weighted by molar-refractivity contribution is 6.74. The molecule has 0 aromatic rings. The predicted octanol–water partition coefficient (Wildman–Crippen LogP) is 7.93. The molecule has 4 rings (SSSR count). The molecule has 176 valence electrons. The zero-order chi connectivity index (χ0) is 22.8. The minimum Gasteiger partial charge on any atom is -0.414 e.